The lowest BCUT2D eigenvalue weighted by Crippen LogP contribution is -2.52. The van der Waals surface area contributed by atoms with E-state index in [1.54, 1.807) is 6.92 Å². The number of nitrogens with zero attached hydrogens (tertiary/aromatic N) is 2. The Labute approximate surface area is 104 Å². The minimum Gasteiger partial charge on any atom is -0.481 e. The Morgan fingerprint density at radius 1 is 1.44 bits per heavy atom. The molecule has 1 rings (SSSR count). The van der Waals surface area contributed by atoms with E-state index in [1.807, 2.05) is 11.9 Å². The molecular weight excluding hydrogens is 249 g/mol. The first-order valence-electron chi connectivity index (χ1n) is 5.94. The molecule has 2 atom stereocenters. The summed E-state index contributed by atoms with van der Waals surface area (Å²) in [5.74, 6) is -1.41. The van der Waals surface area contributed by atoms with Crippen molar-refractivity contribution >= 4 is 5.97 Å². The van der Waals surface area contributed by atoms with Gasteiger partial charge in [0.1, 0.15) is 6.04 Å². The second-order valence-electron chi connectivity index (χ2n) is 4.86. The van der Waals surface area contributed by atoms with Gasteiger partial charge in [0, 0.05) is 19.1 Å². The standard InChI is InChI=1S/C11H19F3N2O2/c1-8-7-15(2)4-3-5-16(8)9(6-10(17)18)11(12,13)14/h8-9H,3-7H2,1-2H3,(H,17,18). The van der Waals surface area contributed by atoms with Crippen LogP contribution in [0.15, 0.2) is 0 Å². The lowest BCUT2D eigenvalue weighted by Gasteiger charge is -2.35. The Morgan fingerprint density at radius 3 is 2.56 bits per heavy atom. The normalized spacial score (nSPS) is 25.7. The number of halogens is 3. The van der Waals surface area contributed by atoms with Crippen LogP contribution in [-0.2, 0) is 4.79 Å². The Hall–Kier alpha value is -0.820. The van der Waals surface area contributed by atoms with Crippen LogP contribution in [0.3, 0.4) is 0 Å². The Bertz CT molecular complexity index is 297. The minimum atomic E-state index is -4.50. The highest BCUT2D eigenvalue weighted by molar-refractivity contribution is 5.67. The molecule has 1 aliphatic rings. The van der Waals surface area contributed by atoms with Gasteiger partial charge in [0.2, 0.25) is 0 Å². The fourth-order valence-corrected chi connectivity index (χ4v) is 2.44. The van der Waals surface area contributed by atoms with Gasteiger partial charge in [-0.05, 0) is 26.9 Å². The van der Waals surface area contributed by atoms with E-state index in [9.17, 15) is 18.0 Å². The highest BCUT2D eigenvalue weighted by Gasteiger charge is 2.46. The number of rotatable bonds is 3. The highest BCUT2D eigenvalue weighted by Crippen LogP contribution is 2.29. The van der Waals surface area contributed by atoms with Crippen molar-refractivity contribution in [2.45, 2.75) is 38.0 Å². The van der Waals surface area contributed by atoms with Gasteiger partial charge in [0.05, 0.1) is 6.42 Å². The first-order chi connectivity index (χ1) is 8.21. The highest BCUT2D eigenvalue weighted by atomic mass is 19.4. The molecule has 7 heteroatoms. The SMILES string of the molecule is CC1CN(C)CCCN1C(CC(=O)O)C(F)(F)F. The van der Waals surface area contributed by atoms with Crippen LogP contribution in [0.2, 0.25) is 0 Å². The van der Waals surface area contributed by atoms with Gasteiger partial charge < -0.3 is 10.0 Å². The van der Waals surface area contributed by atoms with E-state index in [2.05, 4.69) is 0 Å². The van der Waals surface area contributed by atoms with Crippen LogP contribution in [0.5, 0.6) is 0 Å². The second-order valence-corrected chi connectivity index (χ2v) is 4.86. The van der Waals surface area contributed by atoms with E-state index < -0.39 is 24.6 Å². The Morgan fingerprint density at radius 2 is 2.06 bits per heavy atom. The van der Waals surface area contributed by atoms with E-state index in [1.165, 1.54) is 4.90 Å². The molecule has 0 bridgehead atoms. The predicted octanol–water partition coefficient (Wildman–Crippen LogP) is 1.42. The Kier molecular flexibility index (Phi) is 4.98. The number of alkyl halides is 3. The first kappa shape index (κ1) is 15.2. The molecule has 1 heterocycles. The predicted molar refractivity (Wildman–Crippen MR) is 60.4 cm³/mol. The number of carboxylic acid groups (broad SMARTS) is 1. The lowest BCUT2D eigenvalue weighted by molar-refractivity contribution is -0.194. The van der Waals surface area contributed by atoms with Crippen molar-refractivity contribution in [1.82, 2.24) is 9.80 Å². The molecule has 0 saturated carbocycles. The summed E-state index contributed by atoms with van der Waals surface area (Å²) in [7, 11) is 1.86. The van der Waals surface area contributed by atoms with Crippen molar-refractivity contribution in [3.63, 3.8) is 0 Å². The van der Waals surface area contributed by atoms with Gasteiger partial charge >= 0.3 is 12.1 Å². The summed E-state index contributed by atoms with van der Waals surface area (Å²) >= 11 is 0. The topological polar surface area (TPSA) is 43.8 Å². The molecule has 1 saturated heterocycles. The zero-order valence-electron chi connectivity index (χ0n) is 10.6. The monoisotopic (exact) mass is 268 g/mol. The van der Waals surface area contributed by atoms with Crippen molar-refractivity contribution in [2.75, 3.05) is 26.7 Å². The van der Waals surface area contributed by atoms with Gasteiger partial charge in [0.25, 0.3) is 0 Å². The molecule has 0 aromatic rings. The zero-order valence-corrected chi connectivity index (χ0v) is 10.6. The third kappa shape index (κ3) is 4.13. The molecule has 1 N–H and O–H groups in total. The van der Waals surface area contributed by atoms with E-state index in [-0.39, 0.29) is 12.6 Å². The van der Waals surface area contributed by atoms with Crippen LogP contribution in [-0.4, -0.2) is 65.8 Å². The summed E-state index contributed by atoms with van der Waals surface area (Å²) in [6.45, 7) is 3.25. The molecule has 0 aliphatic carbocycles. The van der Waals surface area contributed by atoms with Crippen LogP contribution < -0.4 is 0 Å². The molecule has 0 amide bonds. The summed E-state index contributed by atoms with van der Waals surface area (Å²) in [6.07, 6.45) is -4.78. The van der Waals surface area contributed by atoms with Gasteiger partial charge in [-0.1, -0.05) is 0 Å². The van der Waals surface area contributed by atoms with E-state index >= 15 is 0 Å². The number of hydrogen-bond donors (Lipinski definition) is 1. The number of hydrogen-bond acceptors (Lipinski definition) is 3. The maximum Gasteiger partial charge on any atom is 0.404 e. The van der Waals surface area contributed by atoms with Crippen molar-refractivity contribution in [3.8, 4) is 0 Å². The molecule has 0 aromatic carbocycles. The van der Waals surface area contributed by atoms with Gasteiger partial charge in [-0.25, -0.2) is 0 Å². The fourth-order valence-electron chi connectivity index (χ4n) is 2.44. The van der Waals surface area contributed by atoms with Crippen LogP contribution in [0.1, 0.15) is 19.8 Å². The van der Waals surface area contributed by atoms with Crippen LogP contribution >= 0.6 is 0 Å². The van der Waals surface area contributed by atoms with Crippen molar-refractivity contribution in [2.24, 2.45) is 0 Å². The van der Waals surface area contributed by atoms with Crippen LogP contribution in [0.4, 0.5) is 13.2 Å². The van der Waals surface area contributed by atoms with Gasteiger partial charge in [-0.3, -0.25) is 9.69 Å². The molecule has 0 aromatic heterocycles. The summed E-state index contributed by atoms with van der Waals surface area (Å²) in [5, 5.41) is 8.65. The van der Waals surface area contributed by atoms with E-state index in [0.29, 0.717) is 13.0 Å². The fraction of sp³-hybridized carbons (Fsp3) is 0.909. The van der Waals surface area contributed by atoms with Crippen molar-refractivity contribution in [3.05, 3.63) is 0 Å². The summed E-state index contributed by atoms with van der Waals surface area (Å²) in [4.78, 5) is 13.9. The largest absolute Gasteiger partial charge is 0.481 e. The quantitative estimate of drug-likeness (QED) is 0.840. The number of carbonyl (C=O) groups is 1. The molecule has 1 aliphatic heterocycles. The van der Waals surface area contributed by atoms with Gasteiger partial charge in [-0.2, -0.15) is 13.2 Å². The molecule has 4 nitrogen and oxygen atoms in total. The maximum atomic E-state index is 12.9. The van der Waals surface area contributed by atoms with E-state index in [0.717, 1.165) is 6.54 Å². The summed E-state index contributed by atoms with van der Waals surface area (Å²) in [5.41, 5.74) is 0. The number of likely N-dealkylation sites (N-methyl/N-ethyl adjacent to an activating group) is 1. The first-order valence-corrected chi connectivity index (χ1v) is 5.94. The minimum absolute atomic E-state index is 0.281. The van der Waals surface area contributed by atoms with Crippen LogP contribution in [0.25, 0.3) is 0 Å². The molecule has 0 spiro atoms. The van der Waals surface area contributed by atoms with Crippen molar-refractivity contribution in [1.29, 1.82) is 0 Å². The average molecular weight is 268 g/mol. The van der Waals surface area contributed by atoms with E-state index in [4.69, 9.17) is 5.11 Å². The second kappa shape index (κ2) is 5.88. The smallest absolute Gasteiger partial charge is 0.404 e. The molecule has 106 valence electrons. The van der Waals surface area contributed by atoms with Gasteiger partial charge in [-0.15, -0.1) is 0 Å². The zero-order chi connectivity index (χ0) is 13.9. The molecule has 18 heavy (non-hydrogen) atoms. The van der Waals surface area contributed by atoms with Crippen LogP contribution in [0, 0.1) is 0 Å². The third-order valence-corrected chi connectivity index (χ3v) is 3.24. The summed E-state index contributed by atoms with van der Waals surface area (Å²) in [6, 6.07) is -2.19. The van der Waals surface area contributed by atoms with Crippen molar-refractivity contribution < 1.29 is 23.1 Å². The third-order valence-electron chi connectivity index (χ3n) is 3.24. The lowest BCUT2D eigenvalue weighted by atomic mass is 10.1. The maximum absolute atomic E-state index is 12.9. The average Bonchev–Trinajstić information content (AvgIpc) is 2.34. The summed E-state index contributed by atoms with van der Waals surface area (Å²) < 4.78 is 38.8. The Balaban J connectivity index is 2.86. The number of aliphatic carboxylic acids is 1. The molecule has 1 fully saturated rings. The van der Waals surface area contributed by atoms with Gasteiger partial charge in [0.15, 0.2) is 0 Å². The molecular formula is C11H19F3N2O2. The molecule has 2 unspecified atom stereocenters. The molecule has 0 radical (unpaired) electrons. The number of carboxylic acids is 1.